The molecule has 0 aromatic heterocycles. The number of rotatable bonds is 5. The van der Waals surface area contributed by atoms with E-state index in [4.69, 9.17) is 0 Å². The summed E-state index contributed by atoms with van der Waals surface area (Å²) in [4.78, 5) is 26.6. The molecule has 0 unspecified atom stereocenters. The highest BCUT2D eigenvalue weighted by Crippen LogP contribution is 2.17. The highest BCUT2D eigenvalue weighted by atomic mass is 16.2. The van der Waals surface area contributed by atoms with Gasteiger partial charge in [0.1, 0.15) is 0 Å². The van der Waals surface area contributed by atoms with E-state index in [1.54, 1.807) is 0 Å². The van der Waals surface area contributed by atoms with E-state index in [9.17, 15) is 9.59 Å². The number of nitrogens with one attached hydrogen (secondary N) is 1. The van der Waals surface area contributed by atoms with Gasteiger partial charge < -0.3 is 10.2 Å². The molecule has 1 saturated heterocycles. The van der Waals surface area contributed by atoms with E-state index in [0.717, 1.165) is 44.3 Å². The number of hydrogen-bond donors (Lipinski definition) is 1. The summed E-state index contributed by atoms with van der Waals surface area (Å²) in [6.45, 7) is 7.61. The van der Waals surface area contributed by atoms with Crippen molar-refractivity contribution in [3.8, 4) is 0 Å². The molecule has 1 aliphatic rings. The molecule has 1 aromatic rings. The molecule has 0 aliphatic carbocycles. The highest BCUT2D eigenvalue weighted by Gasteiger charge is 2.27. The van der Waals surface area contributed by atoms with Crippen LogP contribution in [0.1, 0.15) is 55.5 Å². The van der Waals surface area contributed by atoms with Gasteiger partial charge in [0.2, 0.25) is 5.91 Å². The van der Waals surface area contributed by atoms with Crippen molar-refractivity contribution in [1.82, 2.24) is 10.2 Å². The summed E-state index contributed by atoms with van der Waals surface area (Å²) in [6.07, 6.45) is 3.48. The van der Waals surface area contributed by atoms with Crippen molar-refractivity contribution in [3.05, 3.63) is 35.4 Å². The topological polar surface area (TPSA) is 49.4 Å². The standard InChI is InChI=1S/C19H28N2O2/c1-4-15(5-2)19(23)21-11-9-17(10-12-21)20-18(22)16-8-6-7-14(3)13-16/h6-8,13,15,17H,4-5,9-12H2,1-3H3,(H,20,22). The Hall–Kier alpha value is -1.84. The van der Waals surface area contributed by atoms with Gasteiger partial charge in [-0.2, -0.15) is 0 Å². The minimum Gasteiger partial charge on any atom is -0.349 e. The molecule has 4 heteroatoms. The normalized spacial score (nSPS) is 15.7. The molecule has 0 spiro atoms. The molecule has 0 radical (unpaired) electrons. The molecule has 23 heavy (non-hydrogen) atoms. The first-order valence-electron chi connectivity index (χ1n) is 8.71. The van der Waals surface area contributed by atoms with Gasteiger partial charge in [-0.1, -0.05) is 31.5 Å². The van der Waals surface area contributed by atoms with Gasteiger partial charge in [0.15, 0.2) is 0 Å². The summed E-state index contributed by atoms with van der Waals surface area (Å²) < 4.78 is 0. The van der Waals surface area contributed by atoms with Crippen LogP contribution in [0.15, 0.2) is 24.3 Å². The lowest BCUT2D eigenvalue weighted by Gasteiger charge is -2.34. The van der Waals surface area contributed by atoms with E-state index in [1.807, 2.05) is 36.1 Å². The highest BCUT2D eigenvalue weighted by molar-refractivity contribution is 5.94. The van der Waals surface area contributed by atoms with Gasteiger partial charge in [-0.05, 0) is 44.7 Å². The Balaban J connectivity index is 1.85. The van der Waals surface area contributed by atoms with Crippen molar-refractivity contribution in [3.63, 3.8) is 0 Å². The molecule has 0 saturated carbocycles. The number of likely N-dealkylation sites (tertiary alicyclic amines) is 1. The van der Waals surface area contributed by atoms with E-state index in [-0.39, 0.29) is 23.8 Å². The molecule has 4 nitrogen and oxygen atoms in total. The second kappa shape index (κ2) is 8.14. The largest absolute Gasteiger partial charge is 0.349 e. The fourth-order valence-corrected chi connectivity index (χ4v) is 3.20. The number of carbonyl (C=O) groups is 2. The molecule has 0 atom stereocenters. The number of nitrogens with zero attached hydrogens (tertiary/aromatic N) is 1. The molecular formula is C19H28N2O2. The number of piperidine rings is 1. The lowest BCUT2D eigenvalue weighted by atomic mass is 9.98. The average Bonchev–Trinajstić information content (AvgIpc) is 2.56. The number of hydrogen-bond acceptors (Lipinski definition) is 2. The molecule has 1 N–H and O–H groups in total. The minimum atomic E-state index is -0.0153. The third-order valence-corrected chi connectivity index (χ3v) is 4.76. The van der Waals surface area contributed by atoms with Gasteiger partial charge in [0.05, 0.1) is 0 Å². The van der Waals surface area contributed by atoms with Crippen molar-refractivity contribution >= 4 is 11.8 Å². The molecular weight excluding hydrogens is 288 g/mol. The van der Waals surface area contributed by atoms with Crippen molar-refractivity contribution < 1.29 is 9.59 Å². The quantitative estimate of drug-likeness (QED) is 0.907. The Morgan fingerprint density at radius 2 is 1.87 bits per heavy atom. The third kappa shape index (κ3) is 4.57. The minimum absolute atomic E-state index is 0.0153. The van der Waals surface area contributed by atoms with Crippen LogP contribution in [-0.4, -0.2) is 35.8 Å². The molecule has 1 fully saturated rings. The van der Waals surface area contributed by atoms with E-state index in [0.29, 0.717) is 5.56 Å². The molecule has 0 bridgehead atoms. The molecule has 126 valence electrons. The third-order valence-electron chi connectivity index (χ3n) is 4.76. The maximum Gasteiger partial charge on any atom is 0.251 e. The van der Waals surface area contributed by atoms with Gasteiger partial charge in [0.25, 0.3) is 5.91 Å². The maximum absolute atomic E-state index is 12.4. The fraction of sp³-hybridized carbons (Fsp3) is 0.579. The lowest BCUT2D eigenvalue weighted by Crippen LogP contribution is -2.48. The van der Waals surface area contributed by atoms with Gasteiger partial charge >= 0.3 is 0 Å². The SMILES string of the molecule is CCC(CC)C(=O)N1CCC(NC(=O)c2cccc(C)c2)CC1. The van der Waals surface area contributed by atoms with Crippen LogP contribution in [0.3, 0.4) is 0 Å². The lowest BCUT2D eigenvalue weighted by molar-refractivity contribution is -0.136. The smallest absolute Gasteiger partial charge is 0.251 e. The maximum atomic E-state index is 12.4. The van der Waals surface area contributed by atoms with Crippen LogP contribution in [0.25, 0.3) is 0 Å². The Morgan fingerprint density at radius 3 is 2.43 bits per heavy atom. The van der Waals surface area contributed by atoms with Crippen molar-refractivity contribution in [2.24, 2.45) is 5.92 Å². The number of amides is 2. The number of aryl methyl sites for hydroxylation is 1. The number of benzene rings is 1. The fourth-order valence-electron chi connectivity index (χ4n) is 3.20. The Labute approximate surface area is 139 Å². The second-order valence-electron chi connectivity index (χ2n) is 6.46. The summed E-state index contributed by atoms with van der Waals surface area (Å²) >= 11 is 0. The van der Waals surface area contributed by atoms with Crippen LogP contribution >= 0.6 is 0 Å². The molecule has 1 aromatic carbocycles. The molecule has 2 amide bonds. The van der Waals surface area contributed by atoms with E-state index >= 15 is 0 Å². The summed E-state index contributed by atoms with van der Waals surface area (Å²) in [5, 5.41) is 3.10. The van der Waals surface area contributed by atoms with Crippen LogP contribution in [0, 0.1) is 12.8 Å². The van der Waals surface area contributed by atoms with Crippen molar-refractivity contribution in [1.29, 1.82) is 0 Å². The Bertz CT molecular complexity index is 544. The van der Waals surface area contributed by atoms with Crippen LogP contribution in [0.5, 0.6) is 0 Å². The van der Waals surface area contributed by atoms with Gasteiger partial charge in [-0.25, -0.2) is 0 Å². The van der Waals surface area contributed by atoms with Gasteiger partial charge in [0, 0.05) is 30.6 Å². The van der Waals surface area contributed by atoms with Gasteiger partial charge in [-0.15, -0.1) is 0 Å². The summed E-state index contributed by atoms with van der Waals surface area (Å²) in [5.74, 6) is 0.408. The molecule has 1 heterocycles. The predicted octanol–water partition coefficient (Wildman–Crippen LogP) is 3.15. The van der Waals surface area contributed by atoms with Crippen LogP contribution < -0.4 is 5.32 Å². The molecule has 2 rings (SSSR count). The summed E-state index contributed by atoms with van der Waals surface area (Å²) in [5.41, 5.74) is 1.80. The van der Waals surface area contributed by atoms with Gasteiger partial charge in [-0.3, -0.25) is 9.59 Å². The average molecular weight is 316 g/mol. The first kappa shape index (κ1) is 17.5. The zero-order valence-electron chi connectivity index (χ0n) is 14.5. The summed E-state index contributed by atoms with van der Waals surface area (Å²) in [7, 11) is 0. The summed E-state index contributed by atoms with van der Waals surface area (Å²) in [6, 6.07) is 7.79. The van der Waals surface area contributed by atoms with E-state index < -0.39 is 0 Å². The van der Waals surface area contributed by atoms with Crippen molar-refractivity contribution in [2.75, 3.05) is 13.1 Å². The van der Waals surface area contributed by atoms with Crippen molar-refractivity contribution in [2.45, 2.75) is 52.5 Å². The molecule has 1 aliphatic heterocycles. The van der Waals surface area contributed by atoms with E-state index in [2.05, 4.69) is 19.2 Å². The zero-order valence-corrected chi connectivity index (χ0v) is 14.5. The second-order valence-corrected chi connectivity index (χ2v) is 6.46. The zero-order chi connectivity index (χ0) is 16.8. The number of carbonyl (C=O) groups excluding carboxylic acids is 2. The Kier molecular flexibility index (Phi) is 6.20. The monoisotopic (exact) mass is 316 g/mol. The van der Waals surface area contributed by atoms with Crippen LogP contribution in [0.4, 0.5) is 0 Å². The first-order valence-corrected chi connectivity index (χ1v) is 8.71. The Morgan fingerprint density at radius 1 is 1.22 bits per heavy atom. The van der Waals surface area contributed by atoms with Crippen LogP contribution in [-0.2, 0) is 4.79 Å². The predicted molar refractivity (Wildman–Crippen MR) is 92.3 cm³/mol. The van der Waals surface area contributed by atoms with E-state index in [1.165, 1.54) is 0 Å². The first-order chi connectivity index (χ1) is 11.0. The van der Waals surface area contributed by atoms with Crippen LogP contribution in [0.2, 0.25) is 0 Å².